The van der Waals surface area contributed by atoms with E-state index in [-0.39, 0.29) is 29.5 Å². The number of nitrogens with zero attached hydrogens (tertiary/aromatic N) is 1. The van der Waals surface area contributed by atoms with Crippen LogP contribution in [0.3, 0.4) is 0 Å². The zero-order valence-electron chi connectivity index (χ0n) is 12.9. The fraction of sp³-hybridized carbons (Fsp3) is 0.562. The summed E-state index contributed by atoms with van der Waals surface area (Å²) >= 11 is 3.42. The van der Waals surface area contributed by atoms with Gasteiger partial charge < -0.3 is 5.32 Å². The first kappa shape index (κ1) is 16.9. The van der Waals surface area contributed by atoms with Gasteiger partial charge in [0.15, 0.2) is 9.84 Å². The van der Waals surface area contributed by atoms with Crippen molar-refractivity contribution in [2.45, 2.75) is 31.3 Å². The van der Waals surface area contributed by atoms with Gasteiger partial charge in [-0.15, -0.1) is 0 Å². The fourth-order valence-electron chi connectivity index (χ4n) is 3.36. The lowest BCUT2D eigenvalue weighted by Crippen LogP contribution is -2.44. The lowest BCUT2D eigenvalue weighted by Gasteiger charge is -2.28. The highest BCUT2D eigenvalue weighted by atomic mass is 79.9. The predicted molar refractivity (Wildman–Crippen MR) is 92.9 cm³/mol. The van der Waals surface area contributed by atoms with E-state index in [0.717, 1.165) is 36.0 Å². The second kappa shape index (κ2) is 6.91. The maximum Gasteiger partial charge on any atom is 0.242 e. The van der Waals surface area contributed by atoms with E-state index in [1.807, 2.05) is 24.3 Å². The van der Waals surface area contributed by atoms with Gasteiger partial charge in [-0.2, -0.15) is 0 Å². The Labute approximate surface area is 145 Å². The maximum absolute atomic E-state index is 12.8. The largest absolute Gasteiger partial charge is 0.351 e. The van der Waals surface area contributed by atoms with Crippen LogP contribution in [0.15, 0.2) is 28.7 Å². The Bertz CT molecular complexity index is 669. The van der Waals surface area contributed by atoms with Crippen molar-refractivity contribution in [1.29, 1.82) is 0 Å². The lowest BCUT2D eigenvalue weighted by atomic mass is 10.0. The number of amides is 1. The van der Waals surface area contributed by atoms with Crippen molar-refractivity contribution in [2.24, 2.45) is 0 Å². The van der Waals surface area contributed by atoms with Crippen LogP contribution in [0, 0.1) is 0 Å². The number of rotatable bonds is 4. The van der Waals surface area contributed by atoms with Gasteiger partial charge in [0.2, 0.25) is 5.91 Å². The molecule has 7 heteroatoms. The first-order valence-corrected chi connectivity index (χ1v) is 10.6. The number of hydrogen-bond donors (Lipinski definition) is 1. The number of carbonyl (C=O) groups is 1. The van der Waals surface area contributed by atoms with Gasteiger partial charge in [0, 0.05) is 10.5 Å². The molecule has 2 saturated heterocycles. The summed E-state index contributed by atoms with van der Waals surface area (Å²) in [4.78, 5) is 15.0. The second-order valence-corrected chi connectivity index (χ2v) is 9.45. The molecule has 0 bridgehead atoms. The number of halogens is 1. The van der Waals surface area contributed by atoms with Gasteiger partial charge in [0.1, 0.15) is 6.04 Å². The fourth-order valence-corrected chi connectivity index (χ4v) is 5.30. The monoisotopic (exact) mass is 400 g/mol. The summed E-state index contributed by atoms with van der Waals surface area (Å²) in [6.45, 7) is 1.80. The van der Waals surface area contributed by atoms with Crippen LogP contribution in [0.1, 0.15) is 30.9 Å². The number of hydrogen-bond acceptors (Lipinski definition) is 4. The Balaban J connectivity index is 1.77. The Morgan fingerprint density at radius 2 is 1.87 bits per heavy atom. The molecule has 0 saturated carbocycles. The zero-order valence-corrected chi connectivity index (χ0v) is 15.3. The third-order valence-electron chi connectivity index (χ3n) is 4.52. The first-order chi connectivity index (χ1) is 10.9. The molecule has 1 aromatic carbocycles. The van der Waals surface area contributed by atoms with Gasteiger partial charge in [-0.3, -0.25) is 9.69 Å². The third-order valence-corrected chi connectivity index (χ3v) is 6.82. The minimum absolute atomic E-state index is 0.0613. The van der Waals surface area contributed by atoms with Crippen LogP contribution in [0.5, 0.6) is 0 Å². The van der Waals surface area contributed by atoms with E-state index < -0.39 is 9.84 Å². The van der Waals surface area contributed by atoms with Crippen molar-refractivity contribution < 1.29 is 13.2 Å². The van der Waals surface area contributed by atoms with Crippen molar-refractivity contribution in [3.63, 3.8) is 0 Å². The van der Waals surface area contributed by atoms with Gasteiger partial charge in [0.05, 0.1) is 11.5 Å². The van der Waals surface area contributed by atoms with E-state index in [2.05, 4.69) is 26.1 Å². The van der Waals surface area contributed by atoms with E-state index in [0.29, 0.717) is 6.42 Å². The molecular formula is C16H21BrN2O3S. The highest BCUT2D eigenvalue weighted by molar-refractivity contribution is 9.10. The molecule has 126 valence electrons. The molecule has 1 amide bonds. The zero-order chi connectivity index (χ0) is 16.4. The van der Waals surface area contributed by atoms with Crippen molar-refractivity contribution in [1.82, 2.24) is 10.2 Å². The van der Waals surface area contributed by atoms with Crippen LogP contribution >= 0.6 is 15.9 Å². The normalized spacial score (nSPS) is 25.3. The molecule has 2 aliphatic rings. The molecule has 0 radical (unpaired) electrons. The summed E-state index contributed by atoms with van der Waals surface area (Å²) in [5, 5.41) is 2.95. The van der Waals surface area contributed by atoms with Gasteiger partial charge in [-0.1, -0.05) is 28.1 Å². The number of sulfone groups is 1. The van der Waals surface area contributed by atoms with Crippen molar-refractivity contribution in [2.75, 3.05) is 24.6 Å². The van der Waals surface area contributed by atoms with E-state index in [1.54, 1.807) is 0 Å². The standard InChI is InChI=1S/C16H21BrN2O3S/c17-13-5-3-12(4-6-13)15(19-8-1-2-9-19)16(20)18-14-7-10-23(21,22)11-14/h3-6,14-15H,1-2,7-11H2,(H,18,20)/t14-,15+/m1/s1. The van der Waals surface area contributed by atoms with E-state index >= 15 is 0 Å². The Hall–Kier alpha value is -0.920. The topological polar surface area (TPSA) is 66.5 Å². The number of likely N-dealkylation sites (tertiary alicyclic amines) is 1. The van der Waals surface area contributed by atoms with Crippen LogP contribution in [0.2, 0.25) is 0 Å². The number of carbonyl (C=O) groups excluding carboxylic acids is 1. The molecule has 1 aromatic rings. The molecule has 0 aliphatic carbocycles. The highest BCUT2D eigenvalue weighted by Crippen LogP contribution is 2.27. The predicted octanol–water partition coefficient (Wildman–Crippen LogP) is 1.89. The summed E-state index contributed by atoms with van der Waals surface area (Å²) in [6, 6.07) is 7.19. The summed E-state index contributed by atoms with van der Waals surface area (Å²) in [5.74, 6) is 0.146. The van der Waals surface area contributed by atoms with Crippen LogP contribution in [-0.4, -0.2) is 49.9 Å². The van der Waals surface area contributed by atoms with Crippen LogP contribution < -0.4 is 5.32 Å². The summed E-state index contributed by atoms with van der Waals surface area (Å²) in [5.41, 5.74) is 0.952. The molecule has 2 fully saturated rings. The van der Waals surface area contributed by atoms with Gasteiger partial charge in [-0.25, -0.2) is 8.42 Å². The van der Waals surface area contributed by atoms with Gasteiger partial charge >= 0.3 is 0 Å². The van der Waals surface area contributed by atoms with Crippen molar-refractivity contribution in [3.05, 3.63) is 34.3 Å². The van der Waals surface area contributed by atoms with Gasteiger partial charge in [0.25, 0.3) is 0 Å². The SMILES string of the molecule is O=C(N[C@@H]1CCS(=O)(=O)C1)[C@H](c1ccc(Br)cc1)N1CCCC1. The molecule has 5 nitrogen and oxygen atoms in total. The summed E-state index contributed by atoms with van der Waals surface area (Å²) in [7, 11) is -2.99. The summed E-state index contributed by atoms with van der Waals surface area (Å²) in [6.07, 6.45) is 2.71. The summed E-state index contributed by atoms with van der Waals surface area (Å²) < 4.78 is 24.2. The van der Waals surface area contributed by atoms with E-state index in [1.165, 1.54) is 0 Å². The minimum Gasteiger partial charge on any atom is -0.351 e. The lowest BCUT2D eigenvalue weighted by molar-refractivity contribution is -0.126. The quantitative estimate of drug-likeness (QED) is 0.837. The molecule has 0 aromatic heterocycles. The molecule has 2 heterocycles. The molecule has 0 spiro atoms. The van der Waals surface area contributed by atoms with Crippen molar-refractivity contribution in [3.8, 4) is 0 Å². The Kier molecular flexibility index (Phi) is 5.08. The second-order valence-electron chi connectivity index (χ2n) is 6.31. The van der Waals surface area contributed by atoms with E-state index in [9.17, 15) is 13.2 Å². The van der Waals surface area contributed by atoms with Crippen molar-refractivity contribution >= 4 is 31.7 Å². The molecule has 2 aliphatic heterocycles. The maximum atomic E-state index is 12.8. The third kappa shape index (κ3) is 4.14. The van der Waals surface area contributed by atoms with Crippen LogP contribution in [0.25, 0.3) is 0 Å². The average molecular weight is 401 g/mol. The Morgan fingerprint density at radius 3 is 2.43 bits per heavy atom. The highest BCUT2D eigenvalue weighted by Gasteiger charge is 2.34. The first-order valence-electron chi connectivity index (χ1n) is 7.95. The molecule has 0 unspecified atom stereocenters. The molecule has 3 rings (SSSR count). The number of nitrogens with one attached hydrogen (secondary N) is 1. The molecule has 1 N–H and O–H groups in total. The Morgan fingerprint density at radius 1 is 1.22 bits per heavy atom. The molecule has 2 atom stereocenters. The minimum atomic E-state index is -2.99. The average Bonchev–Trinajstić information content (AvgIpc) is 3.11. The molecular weight excluding hydrogens is 380 g/mol. The van der Waals surface area contributed by atoms with E-state index in [4.69, 9.17) is 0 Å². The molecule has 23 heavy (non-hydrogen) atoms. The smallest absolute Gasteiger partial charge is 0.242 e. The number of benzene rings is 1. The van der Waals surface area contributed by atoms with Crippen LogP contribution in [0.4, 0.5) is 0 Å². The van der Waals surface area contributed by atoms with Crippen LogP contribution in [-0.2, 0) is 14.6 Å². The van der Waals surface area contributed by atoms with Gasteiger partial charge in [-0.05, 0) is 50.0 Å².